The zero-order valence-corrected chi connectivity index (χ0v) is 15.9. The van der Waals surface area contributed by atoms with E-state index in [2.05, 4.69) is 28.0 Å². The minimum absolute atomic E-state index is 0. The molecule has 2 heterocycles. The van der Waals surface area contributed by atoms with E-state index in [1.807, 2.05) is 19.0 Å². The molecule has 1 aliphatic rings. The fourth-order valence-corrected chi connectivity index (χ4v) is 2.75. The standard InChI is InChI=1S/C16H28N6O2.ClH/c1-12-8-13(4-5-17-12)16(24)20-14-9-19-22(10-14)11-15(23)18-6-7-21(2)3;/h9-10,12-13,17H,4-8,11H2,1-3H3,(H,18,23)(H,20,24);1H/t12-,13-;/m0./s1. The summed E-state index contributed by atoms with van der Waals surface area (Å²) < 4.78 is 1.53. The maximum atomic E-state index is 12.3. The van der Waals surface area contributed by atoms with Gasteiger partial charge < -0.3 is 20.9 Å². The van der Waals surface area contributed by atoms with Gasteiger partial charge in [0.05, 0.1) is 11.9 Å². The van der Waals surface area contributed by atoms with Gasteiger partial charge in [-0.05, 0) is 40.4 Å². The average molecular weight is 373 g/mol. The number of rotatable bonds is 7. The van der Waals surface area contributed by atoms with Gasteiger partial charge in [0.15, 0.2) is 0 Å². The zero-order valence-electron chi connectivity index (χ0n) is 15.1. The monoisotopic (exact) mass is 372 g/mol. The van der Waals surface area contributed by atoms with Gasteiger partial charge in [-0.3, -0.25) is 14.3 Å². The first kappa shape index (κ1) is 21.4. The first-order chi connectivity index (χ1) is 11.4. The molecule has 2 amide bonds. The van der Waals surface area contributed by atoms with E-state index in [9.17, 15) is 9.59 Å². The molecule has 0 spiro atoms. The number of amides is 2. The Balaban J connectivity index is 0.00000312. The van der Waals surface area contributed by atoms with Crippen LogP contribution in [0.1, 0.15) is 19.8 Å². The van der Waals surface area contributed by atoms with Crippen molar-refractivity contribution in [2.75, 3.05) is 39.0 Å². The molecule has 8 nitrogen and oxygen atoms in total. The first-order valence-corrected chi connectivity index (χ1v) is 8.42. The summed E-state index contributed by atoms with van der Waals surface area (Å²) in [5, 5.41) is 13.2. The Hall–Kier alpha value is -1.64. The van der Waals surface area contributed by atoms with E-state index in [4.69, 9.17) is 0 Å². The molecule has 1 aromatic heterocycles. The SMILES string of the molecule is C[C@H]1C[C@@H](C(=O)Nc2cnn(CC(=O)NCCN(C)C)c2)CCN1.Cl. The van der Waals surface area contributed by atoms with Gasteiger partial charge in [-0.25, -0.2) is 0 Å². The molecule has 1 fully saturated rings. The van der Waals surface area contributed by atoms with Gasteiger partial charge in [-0.15, -0.1) is 12.4 Å². The van der Waals surface area contributed by atoms with Crippen LogP contribution in [0.3, 0.4) is 0 Å². The summed E-state index contributed by atoms with van der Waals surface area (Å²) in [4.78, 5) is 26.1. The van der Waals surface area contributed by atoms with Crippen LogP contribution in [-0.4, -0.2) is 66.3 Å². The highest BCUT2D eigenvalue weighted by Crippen LogP contribution is 2.18. The molecule has 25 heavy (non-hydrogen) atoms. The van der Waals surface area contributed by atoms with Crippen LogP contribution in [0.15, 0.2) is 12.4 Å². The van der Waals surface area contributed by atoms with Crippen molar-refractivity contribution in [3.63, 3.8) is 0 Å². The summed E-state index contributed by atoms with van der Waals surface area (Å²) >= 11 is 0. The van der Waals surface area contributed by atoms with Gasteiger partial charge in [-0.2, -0.15) is 5.10 Å². The van der Waals surface area contributed by atoms with Gasteiger partial charge in [0.1, 0.15) is 6.54 Å². The van der Waals surface area contributed by atoms with Crippen molar-refractivity contribution in [2.24, 2.45) is 5.92 Å². The molecule has 3 N–H and O–H groups in total. The van der Waals surface area contributed by atoms with E-state index in [0.717, 1.165) is 25.9 Å². The third kappa shape index (κ3) is 7.41. The van der Waals surface area contributed by atoms with Crippen LogP contribution in [0.2, 0.25) is 0 Å². The van der Waals surface area contributed by atoms with E-state index in [-0.39, 0.29) is 36.7 Å². The van der Waals surface area contributed by atoms with Crippen LogP contribution in [0.4, 0.5) is 5.69 Å². The van der Waals surface area contributed by atoms with Crippen LogP contribution in [0.25, 0.3) is 0 Å². The molecule has 0 bridgehead atoms. The lowest BCUT2D eigenvalue weighted by molar-refractivity contribution is -0.122. The second kappa shape index (κ2) is 10.4. The summed E-state index contributed by atoms with van der Waals surface area (Å²) in [6.07, 6.45) is 4.95. The fourth-order valence-electron chi connectivity index (χ4n) is 2.75. The summed E-state index contributed by atoms with van der Waals surface area (Å²) in [5.74, 6) is -0.0396. The van der Waals surface area contributed by atoms with E-state index >= 15 is 0 Å². The summed E-state index contributed by atoms with van der Waals surface area (Å²) in [5.41, 5.74) is 0.632. The van der Waals surface area contributed by atoms with E-state index in [1.165, 1.54) is 4.68 Å². The third-order valence-corrected chi connectivity index (χ3v) is 4.08. The first-order valence-electron chi connectivity index (χ1n) is 8.42. The molecule has 2 atom stereocenters. The molecule has 0 saturated carbocycles. The predicted molar refractivity (Wildman–Crippen MR) is 99.9 cm³/mol. The predicted octanol–water partition coefficient (Wildman–Crippen LogP) is 0.309. The normalized spacial score (nSPS) is 20.0. The molecule has 0 aliphatic carbocycles. The number of hydrogen-bond acceptors (Lipinski definition) is 5. The maximum absolute atomic E-state index is 12.3. The molecule has 0 radical (unpaired) electrons. The minimum Gasteiger partial charge on any atom is -0.353 e. The van der Waals surface area contributed by atoms with Crippen LogP contribution in [-0.2, 0) is 16.1 Å². The number of piperidine rings is 1. The maximum Gasteiger partial charge on any atom is 0.241 e. The van der Waals surface area contributed by atoms with Crippen molar-refractivity contribution >= 4 is 29.9 Å². The molecule has 1 saturated heterocycles. The Morgan fingerprint density at radius 1 is 1.44 bits per heavy atom. The van der Waals surface area contributed by atoms with E-state index < -0.39 is 0 Å². The number of anilines is 1. The minimum atomic E-state index is -0.0926. The van der Waals surface area contributed by atoms with E-state index in [1.54, 1.807) is 12.4 Å². The Morgan fingerprint density at radius 2 is 2.20 bits per heavy atom. The number of carbonyl (C=O) groups is 2. The zero-order chi connectivity index (χ0) is 17.5. The number of carbonyl (C=O) groups excluding carboxylic acids is 2. The molecule has 142 valence electrons. The number of aromatic nitrogens is 2. The molecule has 9 heteroatoms. The smallest absolute Gasteiger partial charge is 0.241 e. The van der Waals surface area contributed by atoms with Crippen molar-refractivity contribution in [3.8, 4) is 0 Å². The Bertz CT molecular complexity index is 563. The highest BCUT2D eigenvalue weighted by Gasteiger charge is 2.24. The summed E-state index contributed by atoms with van der Waals surface area (Å²) in [7, 11) is 3.91. The van der Waals surface area contributed by atoms with Crippen molar-refractivity contribution in [1.29, 1.82) is 0 Å². The molecule has 0 unspecified atom stereocenters. The number of nitrogens with zero attached hydrogens (tertiary/aromatic N) is 3. The van der Waals surface area contributed by atoms with Gasteiger partial charge in [0.2, 0.25) is 11.8 Å². The highest BCUT2D eigenvalue weighted by atomic mass is 35.5. The molecule has 1 aliphatic heterocycles. The van der Waals surface area contributed by atoms with E-state index in [0.29, 0.717) is 18.3 Å². The topological polar surface area (TPSA) is 91.3 Å². The molecule has 1 aromatic rings. The Labute approximate surface area is 155 Å². The van der Waals surface area contributed by atoms with Crippen LogP contribution < -0.4 is 16.0 Å². The molecular formula is C16H29ClN6O2. The van der Waals surface area contributed by atoms with Gasteiger partial charge in [0.25, 0.3) is 0 Å². The van der Waals surface area contributed by atoms with Crippen LogP contribution in [0.5, 0.6) is 0 Å². The lowest BCUT2D eigenvalue weighted by Crippen LogP contribution is -2.40. The number of hydrogen-bond donors (Lipinski definition) is 3. The van der Waals surface area contributed by atoms with Crippen molar-refractivity contribution in [1.82, 2.24) is 25.3 Å². The quantitative estimate of drug-likeness (QED) is 0.640. The lowest BCUT2D eigenvalue weighted by Gasteiger charge is -2.26. The summed E-state index contributed by atoms with van der Waals surface area (Å²) in [6.45, 7) is 4.50. The lowest BCUT2D eigenvalue weighted by atomic mass is 9.92. The summed E-state index contributed by atoms with van der Waals surface area (Å²) in [6, 6.07) is 0.364. The van der Waals surface area contributed by atoms with Crippen molar-refractivity contribution < 1.29 is 9.59 Å². The van der Waals surface area contributed by atoms with Gasteiger partial charge in [0, 0.05) is 31.2 Å². The molecular weight excluding hydrogens is 344 g/mol. The highest BCUT2D eigenvalue weighted by molar-refractivity contribution is 5.92. The third-order valence-electron chi connectivity index (χ3n) is 4.08. The molecule has 2 rings (SSSR count). The Morgan fingerprint density at radius 3 is 2.88 bits per heavy atom. The average Bonchev–Trinajstić information content (AvgIpc) is 2.93. The second-order valence-corrected chi connectivity index (χ2v) is 6.65. The molecule has 0 aromatic carbocycles. The van der Waals surface area contributed by atoms with Crippen LogP contribution in [0, 0.1) is 5.92 Å². The van der Waals surface area contributed by atoms with Gasteiger partial charge >= 0.3 is 0 Å². The fraction of sp³-hybridized carbons (Fsp3) is 0.688. The second-order valence-electron chi connectivity index (χ2n) is 6.65. The number of nitrogens with one attached hydrogen (secondary N) is 3. The number of halogens is 1. The Kier molecular flexibility index (Phi) is 8.88. The van der Waals surface area contributed by atoms with Crippen molar-refractivity contribution in [3.05, 3.63) is 12.4 Å². The van der Waals surface area contributed by atoms with Crippen LogP contribution >= 0.6 is 12.4 Å². The largest absolute Gasteiger partial charge is 0.353 e. The number of likely N-dealkylation sites (N-methyl/N-ethyl adjacent to an activating group) is 1. The van der Waals surface area contributed by atoms with Crippen molar-refractivity contribution in [2.45, 2.75) is 32.4 Å². The van der Waals surface area contributed by atoms with Gasteiger partial charge in [-0.1, -0.05) is 0 Å².